The fourth-order valence-corrected chi connectivity index (χ4v) is 4.86. The zero-order valence-electron chi connectivity index (χ0n) is 13.7. The molecule has 0 unspecified atom stereocenters. The minimum atomic E-state index is -3.80. The van der Waals surface area contributed by atoms with Crippen molar-refractivity contribution in [1.82, 2.24) is 0 Å². The van der Waals surface area contributed by atoms with Crippen LogP contribution in [-0.2, 0) is 0 Å². The number of benzene rings is 3. The molecule has 0 N–H and O–H groups in total. The number of rotatable bonds is 6. The van der Waals surface area contributed by atoms with Gasteiger partial charge in [0.05, 0.1) is 0 Å². The Labute approximate surface area is 164 Å². The minimum absolute atomic E-state index is 0.189. The van der Waals surface area contributed by atoms with Crippen LogP contribution in [-0.4, -0.2) is 15.1 Å². The number of para-hydroxylation sites is 2. The average Bonchev–Trinajstić information content (AvgIpc) is 2.70. The van der Waals surface area contributed by atoms with Crippen LogP contribution >= 0.6 is 6.19 Å². The van der Waals surface area contributed by atoms with E-state index in [1.54, 1.807) is 36.4 Å². The Morgan fingerprint density at radius 2 is 0.893 bits per heavy atom. The Morgan fingerprint density at radius 1 is 0.536 bits per heavy atom. The molecule has 0 radical (unpaired) electrons. The standard InChI is InChI=1S/C18H10F5O3PSe/c19-13-14(20)16(22)18(17(23)15(13)21)26-27(28,24-11-7-3-1-4-8-11)25-12-9-5-2-6-10-12/h1-10H. The van der Waals surface area contributed by atoms with E-state index in [2.05, 4.69) is 15.1 Å². The van der Waals surface area contributed by atoms with E-state index < -0.39 is 41.0 Å². The molecule has 0 saturated heterocycles. The molecule has 3 aromatic rings. The zero-order chi connectivity index (χ0) is 20.3. The maximum absolute atomic E-state index is 14.1. The Balaban J connectivity index is 2.04. The van der Waals surface area contributed by atoms with Crippen LogP contribution in [0.2, 0.25) is 0 Å². The maximum atomic E-state index is 14.1. The summed E-state index contributed by atoms with van der Waals surface area (Å²) in [5.74, 6) is -12.0. The summed E-state index contributed by atoms with van der Waals surface area (Å²) in [6.45, 7) is 0. The van der Waals surface area contributed by atoms with Crippen molar-refractivity contribution in [3.63, 3.8) is 0 Å². The van der Waals surface area contributed by atoms with Crippen molar-refractivity contribution in [2.45, 2.75) is 0 Å². The van der Waals surface area contributed by atoms with Crippen molar-refractivity contribution in [3.8, 4) is 17.2 Å². The van der Waals surface area contributed by atoms with Crippen LogP contribution in [0.15, 0.2) is 60.7 Å². The molecule has 10 heteroatoms. The van der Waals surface area contributed by atoms with Gasteiger partial charge in [0, 0.05) is 0 Å². The molecular formula is C18H10F5O3PSe. The van der Waals surface area contributed by atoms with Crippen LogP contribution in [0.4, 0.5) is 22.0 Å². The molecule has 0 amide bonds. The molecule has 0 heterocycles. The first-order valence-corrected chi connectivity index (χ1v) is 11.4. The number of halogens is 5. The molecule has 0 saturated carbocycles. The molecule has 3 aromatic carbocycles. The molecule has 0 bridgehead atoms. The van der Waals surface area contributed by atoms with Crippen LogP contribution < -0.4 is 13.6 Å². The Kier molecular flexibility index (Phi) is 6.08. The van der Waals surface area contributed by atoms with Gasteiger partial charge in [-0.25, -0.2) is 0 Å². The van der Waals surface area contributed by atoms with E-state index in [0.29, 0.717) is 0 Å². The van der Waals surface area contributed by atoms with Crippen molar-refractivity contribution in [3.05, 3.63) is 89.7 Å². The van der Waals surface area contributed by atoms with Crippen molar-refractivity contribution < 1.29 is 35.5 Å². The molecule has 0 aliphatic heterocycles. The van der Waals surface area contributed by atoms with Gasteiger partial charge in [-0.05, 0) is 0 Å². The molecule has 0 aliphatic rings. The van der Waals surface area contributed by atoms with Gasteiger partial charge >= 0.3 is 164 Å². The summed E-state index contributed by atoms with van der Waals surface area (Å²) in [4.78, 5) is 0. The Bertz CT molecular complexity index is 960. The van der Waals surface area contributed by atoms with Crippen molar-refractivity contribution in [2.24, 2.45) is 0 Å². The first kappa shape index (κ1) is 20.4. The fraction of sp³-hybridized carbons (Fsp3) is 0. The fourth-order valence-electron chi connectivity index (χ4n) is 2.05. The summed E-state index contributed by atoms with van der Waals surface area (Å²) < 4.78 is 84.7. The molecule has 0 aliphatic carbocycles. The van der Waals surface area contributed by atoms with Crippen LogP contribution in [0.1, 0.15) is 0 Å². The van der Waals surface area contributed by atoms with Gasteiger partial charge in [0.2, 0.25) is 0 Å². The summed E-state index contributed by atoms with van der Waals surface area (Å²) in [5.41, 5.74) is 0. The van der Waals surface area contributed by atoms with Gasteiger partial charge in [-0.1, -0.05) is 0 Å². The van der Waals surface area contributed by atoms with E-state index in [1.165, 1.54) is 24.3 Å². The van der Waals surface area contributed by atoms with Gasteiger partial charge in [0.15, 0.2) is 0 Å². The van der Waals surface area contributed by atoms with E-state index in [0.717, 1.165) is 0 Å². The summed E-state index contributed by atoms with van der Waals surface area (Å²) in [6, 6.07) is 15.8. The van der Waals surface area contributed by atoms with E-state index in [1.807, 2.05) is 0 Å². The molecule has 0 atom stereocenters. The number of hydrogen-bond donors (Lipinski definition) is 0. The SMILES string of the molecule is Fc1c(F)c(F)c(OP(=[Se])(Oc2ccccc2)Oc2ccccc2)c(F)c1F. The third kappa shape index (κ3) is 4.38. The predicted octanol–water partition coefficient (Wildman–Crippen LogP) is 5.77. The molecule has 0 aromatic heterocycles. The quantitative estimate of drug-likeness (QED) is 0.148. The van der Waals surface area contributed by atoms with E-state index in [-0.39, 0.29) is 11.5 Å². The zero-order valence-corrected chi connectivity index (χ0v) is 16.4. The van der Waals surface area contributed by atoms with E-state index in [9.17, 15) is 22.0 Å². The second-order valence-electron chi connectivity index (χ2n) is 5.25. The third-order valence-corrected chi connectivity index (χ3v) is 5.98. The van der Waals surface area contributed by atoms with Crippen LogP contribution in [0.25, 0.3) is 0 Å². The summed E-state index contributed by atoms with van der Waals surface area (Å²) in [6.07, 6.45) is -3.80. The summed E-state index contributed by atoms with van der Waals surface area (Å²) >= 11 is 2.42. The Morgan fingerprint density at radius 3 is 1.29 bits per heavy atom. The summed E-state index contributed by atoms with van der Waals surface area (Å²) in [5, 5.41) is 0. The van der Waals surface area contributed by atoms with Crippen LogP contribution in [0.3, 0.4) is 0 Å². The normalized spacial score (nSPS) is 11.2. The molecule has 146 valence electrons. The topological polar surface area (TPSA) is 27.7 Å². The Hall–Kier alpha value is -2.34. The molecule has 0 spiro atoms. The van der Waals surface area contributed by atoms with Crippen molar-refractivity contribution >= 4 is 21.3 Å². The van der Waals surface area contributed by atoms with E-state index >= 15 is 0 Å². The van der Waals surface area contributed by atoms with E-state index in [4.69, 9.17) is 13.6 Å². The van der Waals surface area contributed by atoms with Gasteiger partial charge in [-0.3, -0.25) is 0 Å². The number of hydrogen-bond acceptors (Lipinski definition) is 3. The third-order valence-electron chi connectivity index (χ3n) is 3.29. The van der Waals surface area contributed by atoms with Gasteiger partial charge in [-0.15, -0.1) is 0 Å². The molecule has 0 fully saturated rings. The monoisotopic (exact) mass is 480 g/mol. The second kappa shape index (κ2) is 8.35. The molecular weight excluding hydrogens is 469 g/mol. The van der Waals surface area contributed by atoms with Gasteiger partial charge in [-0.2, -0.15) is 0 Å². The predicted molar refractivity (Wildman–Crippen MR) is 93.7 cm³/mol. The summed E-state index contributed by atoms with van der Waals surface area (Å²) in [7, 11) is 0. The average molecular weight is 479 g/mol. The molecule has 3 nitrogen and oxygen atoms in total. The molecule has 3 rings (SSSR count). The first-order valence-electron chi connectivity index (χ1n) is 7.61. The van der Waals surface area contributed by atoms with Gasteiger partial charge in [0.1, 0.15) is 0 Å². The van der Waals surface area contributed by atoms with Crippen molar-refractivity contribution in [1.29, 1.82) is 0 Å². The van der Waals surface area contributed by atoms with Crippen molar-refractivity contribution in [2.75, 3.05) is 0 Å². The van der Waals surface area contributed by atoms with Crippen LogP contribution in [0.5, 0.6) is 17.2 Å². The van der Waals surface area contributed by atoms with Gasteiger partial charge in [0.25, 0.3) is 0 Å². The first-order chi connectivity index (χ1) is 13.3. The van der Waals surface area contributed by atoms with Crippen LogP contribution in [0, 0.1) is 29.1 Å². The molecule has 28 heavy (non-hydrogen) atoms. The van der Waals surface area contributed by atoms with Gasteiger partial charge < -0.3 is 0 Å². The second-order valence-corrected chi connectivity index (χ2v) is 9.50.